The number of rotatable bonds is 12. The fourth-order valence-corrected chi connectivity index (χ4v) is 3.92. The molecule has 0 aromatic heterocycles. The van der Waals surface area contributed by atoms with Crippen molar-refractivity contribution in [2.75, 3.05) is 19.8 Å². The molecule has 0 unspecified atom stereocenters. The first-order valence-corrected chi connectivity index (χ1v) is 12.0. The summed E-state index contributed by atoms with van der Waals surface area (Å²) in [6.07, 6.45) is 0.700. The van der Waals surface area contributed by atoms with Gasteiger partial charge in [-0.25, -0.2) is 0 Å². The third-order valence-electron chi connectivity index (χ3n) is 5.14. The summed E-state index contributed by atoms with van der Waals surface area (Å²) in [6.45, 7) is 9.04. The molecule has 0 heterocycles. The van der Waals surface area contributed by atoms with Gasteiger partial charge < -0.3 is 19.7 Å². The van der Waals surface area contributed by atoms with Gasteiger partial charge in [-0.15, -0.1) is 0 Å². The van der Waals surface area contributed by atoms with E-state index in [-0.39, 0.29) is 24.8 Å². The number of hydrogen-bond donors (Lipinski definition) is 1. The minimum absolute atomic E-state index is 0.142. The molecule has 2 rings (SSSR count). The average Bonchev–Trinajstić information content (AvgIpc) is 2.79. The first-order chi connectivity index (χ1) is 15.8. The van der Waals surface area contributed by atoms with E-state index < -0.39 is 6.04 Å². The van der Waals surface area contributed by atoms with E-state index >= 15 is 0 Å². The highest BCUT2D eigenvalue weighted by Crippen LogP contribution is 2.30. The minimum Gasteiger partial charge on any atom is -0.490 e. The highest BCUT2D eigenvalue weighted by Gasteiger charge is 2.27. The lowest BCUT2D eigenvalue weighted by molar-refractivity contribution is -0.140. The number of benzene rings is 2. The Morgan fingerprint density at radius 3 is 2.24 bits per heavy atom. The molecule has 2 aromatic carbocycles. The van der Waals surface area contributed by atoms with Crippen LogP contribution in [0, 0.1) is 0 Å². The number of likely N-dealkylation sites (N-methyl/N-ethyl adjacent to an activating group) is 1. The summed E-state index contributed by atoms with van der Waals surface area (Å²) in [7, 11) is 0. The van der Waals surface area contributed by atoms with E-state index in [0.717, 1.165) is 5.56 Å². The zero-order valence-electron chi connectivity index (χ0n) is 19.6. The normalized spacial score (nSPS) is 11.6. The van der Waals surface area contributed by atoms with Gasteiger partial charge in [0.15, 0.2) is 11.5 Å². The van der Waals surface area contributed by atoms with Crippen molar-refractivity contribution in [2.24, 2.45) is 0 Å². The molecular weight excluding hydrogens is 463 g/mol. The third-order valence-corrected chi connectivity index (χ3v) is 5.85. The van der Waals surface area contributed by atoms with Gasteiger partial charge >= 0.3 is 0 Å². The molecule has 0 aliphatic heterocycles. The molecule has 2 aromatic rings. The van der Waals surface area contributed by atoms with Crippen LogP contribution in [0.15, 0.2) is 36.4 Å². The smallest absolute Gasteiger partial charge is 0.242 e. The van der Waals surface area contributed by atoms with Crippen LogP contribution in [0.2, 0.25) is 10.0 Å². The Bertz CT molecular complexity index is 932. The largest absolute Gasteiger partial charge is 0.490 e. The molecule has 0 fully saturated rings. The van der Waals surface area contributed by atoms with Crippen LogP contribution in [0.3, 0.4) is 0 Å². The maximum atomic E-state index is 13.3. The molecule has 8 heteroatoms. The lowest BCUT2D eigenvalue weighted by atomic mass is 10.1. The second kappa shape index (κ2) is 13.3. The maximum absolute atomic E-state index is 13.3. The van der Waals surface area contributed by atoms with Gasteiger partial charge in [-0.2, -0.15) is 0 Å². The Kier molecular flexibility index (Phi) is 10.8. The molecule has 0 aliphatic carbocycles. The standard InChI is InChI=1S/C25H32Cl2N2O4/c1-5-28-25(31)17(4)29(16-19-20(26)9-8-10-21(19)27)24(30)14-12-18-11-13-22(32-6-2)23(15-18)33-7-3/h8-11,13,15,17H,5-7,12,14,16H2,1-4H3,(H,28,31)/t17-/m1/s1. The predicted octanol–water partition coefficient (Wildman–Crippen LogP) is 5.28. The Hall–Kier alpha value is -2.44. The van der Waals surface area contributed by atoms with Crippen molar-refractivity contribution in [1.29, 1.82) is 0 Å². The first kappa shape index (κ1) is 26.8. The van der Waals surface area contributed by atoms with Crippen LogP contribution in [0.1, 0.15) is 45.2 Å². The highest BCUT2D eigenvalue weighted by atomic mass is 35.5. The monoisotopic (exact) mass is 494 g/mol. The molecule has 0 radical (unpaired) electrons. The number of hydrogen-bond acceptors (Lipinski definition) is 4. The van der Waals surface area contributed by atoms with Crippen LogP contribution < -0.4 is 14.8 Å². The minimum atomic E-state index is -0.677. The van der Waals surface area contributed by atoms with Crippen LogP contribution in [-0.2, 0) is 22.6 Å². The molecule has 1 atom stereocenters. The summed E-state index contributed by atoms with van der Waals surface area (Å²) in [5, 5.41) is 3.69. The third kappa shape index (κ3) is 7.54. The van der Waals surface area contributed by atoms with E-state index in [1.807, 2.05) is 39.0 Å². The van der Waals surface area contributed by atoms with Gasteiger partial charge in [-0.05, 0) is 63.9 Å². The van der Waals surface area contributed by atoms with Crippen LogP contribution in [-0.4, -0.2) is 42.5 Å². The number of aryl methyl sites for hydroxylation is 1. The second-order valence-electron chi connectivity index (χ2n) is 7.44. The van der Waals surface area contributed by atoms with Crippen molar-refractivity contribution in [3.8, 4) is 11.5 Å². The molecule has 0 saturated heterocycles. The van der Waals surface area contributed by atoms with Gasteiger partial charge in [0, 0.05) is 35.1 Å². The topological polar surface area (TPSA) is 67.9 Å². The number of halogens is 2. The summed E-state index contributed by atoms with van der Waals surface area (Å²) in [6, 6.07) is 10.2. The Balaban J connectivity index is 2.22. The van der Waals surface area contributed by atoms with E-state index in [4.69, 9.17) is 32.7 Å². The first-order valence-electron chi connectivity index (χ1n) is 11.2. The fourth-order valence-electron chi connectivity index (χ4n) is 3.40. The SMILES string of the molecule is CCNC(=O)[C@@H](C)N(Cc1c(Cl)cccc1Cl)C(=O)CCc1ccc(OCC)c(OCC)c1. The van der Waals surface area contributed by atoms with Crippen LogP contribution >= 0.6 is 23.2 Å². The van der Waals surface area contributed by atoms with Crippen LogP contribution in [0.4, 0.5) is 0 Å². The molecule has 0 bridgehead atoms. The Morgan fingerprint density at radius 1 is 1.00 bits per heavy atom. The number of amides is 2. The Morgan fingerprint density at radius 2 is 1.64 bits per heavy atom. The van der Waals surface area contributed by atoms with E-state index in [0.29, 0.717) is 53.3 Å². The average molecular weight is 495 g/mol. The second-order valence-corrected chi connectivity index (χ2v) is 8.25. The van der Waals surface area contributed by atoms with Crippen molar-refractivity contribution in [3.05, 3.63) is 57.6 Å². The molecular formula is C25H32Cl2N2O4. The summed E-state index contributed by atoms with van der Waals surface area (Å²) < 4.78 is 11.3. The fraction of sp³-hybridized carbons (Fsp3) is 0.440. The molecule has 0 spiro atoms. The highest BCUT2D eigenvalue weighted by molar-refractivity contribution is 6.36. The lowest BCUT2D eigenvalue weighted by Crippen LogP contribution is -2.47. The predicted molar refractivity (Wildman–Crippen MR) is 132 cm³/mol. The van der Waals surface area contributed by atoms with E-state index in [9.17, 15) is 9.59 Å². The molecule has 0 aliphatic rings. The number of nitrogens with one attached hydrogen (secondary N) is 1. The number of carbonyl (C=O) groups is 2. The summed E-state index contributed by atoms with van der Waals surface area (Å²) in [5.74, 6) is 0.930. The summed E-state index contributed by atoms with van der Waals surface area (Å²) in [5.41, 5.74) is 1.56. The van der Waals surface area contributed by atoms with Gasteiger partial charge in [0.25, 0.3) is 0 Å². The lowest BCUT2D eigenvalue weighted by Gasteiger charge is -2.29. The quantitative estimate of drug-likeness (QED) is 0.435. The van der Waals surface area contributed by atoms with Crippen LogP contribution in [0.5, 0.6) is 11.5 Å². The Labute approximate surface area is 206 Å². The zero-order chi connectivity index (χ0) is 24.4. The van der Waals surface area contributed by atoms with E-state index in [1.165, 1.54) is 4.90 Å². The van der Waals surface area contributed by atoms with Gasteiger partial charge in [-0.1, -0.05) is 35.3 Å². The van der Waals surface area contributed by atoms with Gasteiger partial charge in [0.05, 0.1) is 13.2 Å². The molecule has 6 nitrogen and oxygen atoms in total. The molecule has 180 valence electrons. The van der Waals surface area contributed by atoms with Crippen molar-refractivity contribution >= 4 is 35.0 Å². The van der Waals surface area contributed by atoms with Crippen LogP contribution in [0.25, 0.3) is 0 Å². The molecule has 1 N–H and O–H groups in total. The molecule has 33 heavy (non-hydrogen) atoms. The van der Waals surface area contributed by atoms with Crippen molar-refractivity contribution < 1.29 is 19.1 Å². The summed E-state index contributed by atoms with van der Waals surface area (Å²) >= 11 is 12.7. The number of nitrogens with zero attached hydrogens (tertiary/aromatic N) is 1. The number of carbonyl (C=O) groups excluding carboxylic acids is 2. The van der Waals surface area contributed by atoms with E-state index in [1.54, 1.807) is 25.1 Å². The van der Waals surface area contributed by atoms with Gasteiger partial charge in [0.1, 0.15) is 6.04 Å². The van der Waals surface area contributed by atoms with E-state index in [2.05, 4.69) is 5.32 Å². The number of ether oxygens (including phenoxy) is 2. The van der Waals surface area contributed by atoms with Crippen molar-refractivity contribution in [3.63, 3.8) is 0 Å². The maximum Gasteiger partial charge on any atom is 0.242 e. The molecule has 0 saturated carbocycles. The van der Waals surface area contributed by atoms with Gasteiger partial charge in [-0.3, -0.25) is 9.59 Å². The molecule has 2 amide bonds. The van der Waals surface area contributed by atoms with Crippen molar-refractivity contribution in [1.82, 2.24) is 10.2 Å². The summed E-state index contributed by atoms with van der Waals surface area (Å²) in [4.78, 5) is 27.3. The van der Waals surface area contributed by atoms with Crippen molar-refractivity contribution in [2.45, 2.75) is 53.1 Å². The van der Waals surface area contributed by atoms with Gasteiger partial charge in [0.2, 0.25) is 11.8 Å². The zero-order valence-corrected chi connectivity index (χ0v) is 21.1.